The fourth-order valence-electron chi connectivity index (χ4n) is 1.38. The first-order chi connectivity index (χ1) is 7.69. The van der Waals surface area contributed by atoms with E-state index < -0.39 is 0 Å². The van der Waals surface area contributed by atoms with Crippen molar-refractivity contribution in [3.63, 3.8) is 0 Å². The molecule has 88 valence electrons. The van der Waals surface area contributed by atoms with E-state index in [2.05, 4.69) is 0 Å². The van der Waals surface area contributed by atoms with E-state index in [1.165, 1.54) is 10.5 Å². The molecule has 0 saturated heterocycles. The molecule has 1 rings (SSSR count). The van der Waals surface area contributed by atoms with Gasteiger partial charge in [0.15, 0.2) is 0 Å². The molecule has 0 radical (unpaired) electrons. The summed E-state index contributed by atoms with van der Waals surface area (Å²) in [6.45, 7) is 2.80. The third-order valence-electron chi connectivity index (χ3n) is 2.30. The van der Waals surface area contributed by atoms with E-state index in [-0.39, 0.29) is 6.09 Å². The van der Waals surface area contributed by atoms with Gasteiger partial charge in [-0.3, -0.25) is 4.90 Å². The average molecular weight is 222 g/mol. The van der Waals surface area contributed by atoms with Crippen molar-refractivity contribution >= 4 is 11.8 Å². The van der Waals surface area contributed by atoms with E-state index in [1.807, 2.05) is 24.3 Å². The lowest BCUT2D eigenvalue weighted by Crippen LogP contribution is -2.26. The van der Waals surface area contributed by atoms with Crippen LogP contribution < -0.4 is 10.6 Å². The first-order valence-corrected chi connectivity index (χ1v) is 5.38. The molecule has 0 bridgehead atoms. The molecule has 1 aromatic carbocycles. The molecule has 0 aromatic heterocycles. The lowest BCUT2D eigenvalue weighted by atomic mass is 10.1. The molecule has 0 heterocycles. The molecule has 16 heavy (non-hydrogen) atoms. The number of hydrogen-bond donors (Lipinski definition) is 1. The van der Waals surface area contributed by atoms with E-state index in [1.54, 1.807) is 14.0 Å². The molecule has 2 N–H and O–H groups in total. The smallest absolute Gasteiger partial charge is 0.413 e. The minimum atomic E-state index is -0.339. The summed E-state index contributed by atoms with van der Waals surface area (Å²) >= 11 is 0. The molecule has 0 saturated carbocycles. The highest BCUT2D eigenvalue weighted by atomic mass is 16.6. The van der Waals surface area contributed by atoms with Crippen molar-refractivity contribution in [2.24, 2.45) is 5.73 Å². The van der Waals surface area contributed by atoms with Crippen LogP contribution in [0.25, 0.3) is 0 Å². The second kappa shape index (κ2) is 6.12. The average Bonchev–Trinajstić information content (AvgIpc) is 2.30. The highest BCUT2D eigenvalue weighted by Crippen LogP contribution is 2.14. The summed E-state index contributed by atoms with van der Waals surface area (Å²) < 4.78 is 4.90. The summed E-state index contributed by atoms with van der Waals surface area (Å²) in [6, 6.07) is 7.72. The van der Waals surface area contributed by atoms with Crippen molar-refractivity contribution in [3.05, 3.63) is 29.8 Å². The van der Waals surface area contributed by atoms with Crippen LogP contribution in [0.2, 0.25) is 0 Å². The molecule has 4 nitrogen and oxygen atoms in total. The van der Waals surface area contributed by atoms with Crippen LogP contribution in [0.5, 0.6) is 0 Å². The Bertz CT molecular complexity index is 335. The Labute approximate surface area is 96.0 Å². The van der Waals surface area contributed by atoms with Gasteiger partial charge < -0.3 is 10.5 Å². The molecule has 0 unspecified atom stereocenters. The number of benzene rings is 1. The summed E-state index contributed by atoms with van der Waals surface area (Å²) in [5.41, 5.74) is 7.45. The van der Waals surface area contributed by atoms with Gasteiger partial charge in [0.05, 0.1) is 6.61 Å². The molecular weight excluding hydrogens is 204 g/mol. The normalized spacial score (nSPS) is 9.94. The van der Waals surface area contributed by atoms with Crippen molar-refractivity contribution in [3.8, 4) is 0 Å². The molecule has 0 spiro atoms. The maximum Gasteiger partial charge on any atom is 0.413 e. The van der Waals surface area contributed by atoms with E-state index in [0.29, 0.717) is 13.2 Å². The molecule has 0 fully saturated rings. The molecular formula is C12H18N2O2. The Hall–Kier alpha value is -1.55. The lowest BCUT2D eigenvalue weighted by Gasteiger charge is -2.16. The molecule has 0 aliphatic rings. The van der Waals surface area contributed by atoms with E-state index in [9.17, 15) is 4.79 Å². The quantitative estimate of drug-likeness (QED) is 0.844. The number of nitrogens with zero attached hydrogens (tertiary/aromatic N) is 1. The number of carbonyl (C=O) groups is 1. The van der Waals surface area contributed by atoms with Crippen LogP contribution in [0.1, 0.15) is 12.5 Å². The summed E-state index contributed by atoms with van der Waals surface area (Å²) in [5.74, 6) is 0. The largest absolute Gasteiger partial charge is 0.449 e. The van der Waals surface area contributed by atoms with Gasteiger partial charge in [-0.1, -0.05) is 12.1 Å². The fourth-order valence-corrected chi connectivity index (χ4v) is 1.38. The Morgan fingerprint density at radius 1 is 1.38 bits per heavy atom. The van der Waals surface area contributed by atoms with Gasteiger partial charge in [-0.15, -0.1) is 0 Å². The number of carbonyl (C=O) groups excluding carboxylic acids is 1. The Morgan fingerprint density at radius 2 is 2.00 bits per heavy atom. The van der Waals surface area contributed by atoms with Crippen molar-refractivity contribution in [2.45, 2.75) is 13.3 Å². The van der Waals surface area contributed by atoms with Crippen LogP contribution in [0, 0.1) is 0 Å². The van der Waals surface area contributed by atoms with E-state index in [0.717, 1.165) is 12.1 Å². The minimum absolute atomic E-state index is 0.339. The predicted octanol–water partition coefficient (Wildman–Crippen LogP) is 1.78. The van der Waals surface area contributed by atoms with Crippen molar-refractivity contribution < 1.29 is 9.53 Å². The zero-order chi connectivity index (χ0) is 12.0. The molecule has 1 aromatic rings. The first kappa shape index (κ1) is 12.5. The van der Waals surface area contributed by atoms with E-state index in [4.69, 9.17) is 10.5 Å². The van der Waals surface area contributed by atoms with Gasteiger partial charge >= 0.3 is 6.09 Å². The monoisotopic (exact) mass is 222 g/mol. The number of amides is 1. The summed E-state index contributed by atoms with van der Waals surface area (Å²) in [7, 11) is 1.69. The fraction of sp³-hybridized carbons (Fsp3) is 0.417. The number of nitrogens with two attached hydrogens (primary N) is 1. The number of hydrogen-bond acceptors (Lipinski definition) is 3. The molecule has 4 heteroatoms. The third kappa shape index (κ3) is 3.24. The zero-order valence-corrected chi connectivity index (χ0v) is 9.77. The van der Waals surface area contributed by atoms with Crippen LogP contribution in [0.15, 0.2) is 24.3 Å². The van der Waals surface area contributed by atoms with Gasteiger partial charge in [-0.05, 0) is 37.6 Å². The van der Waals surface area contributed by atoms with Crippen LogP contribution in [-0.4, -0.2) is 26.3 Å². The minimum Gasteiger partial charge on any atom is -0.449 e. The number of anilines is 1. The molecule has 1 amide bonds. The number of rotatable bonds is 4. The van der Waals surface area contributed by atoms with Crippen LogP contribution in [-0.2, 0) is 11.2 Å². The molecule has 0 atom stereocenters. The first-order valence-electron chi connectivity index (χ1n) is 5.38. The van der Waals surface area contributed by atoms with Crippen molar-refractivity contribution in [2.75, 3.05) is 25.1 Å². The summed E-state index contributed by atoms with van der Waals surface area (Å²) in [4.78, 5) is 12.9. The van der Waals surface area contributed by atoms with Gasteiger partial charge in [0.2, 0.25) is 0 Å². The summed E-state index contributed by atoms with van der Waals surface area (Å²) in [5, 5.41) is 0. The SMILES string of the molecule is CCOC(=O)N(C)c1ccc(CCN)cc1. The van der Waals surface area contributed by atoms with Gasteiger partial charge in [0.1, 0.15) is 0 Å². The Kier molecular flexibility index (Phi) is 4.79. The summed E-state index contributed by atoms with van der Waals surface area (Å²) in [6.07, 6.45) is 0.512. The van der Waals surface area contributed by atoms with E-state index >= 15 is 0 Å². The maximum absolute atomic E-state index is 11.4. The van der Waals surface area contributed by atoms with Crippen molar-refractivity contribution in [1.29, 1.82) is 0 Å². The van der Waals surface area contributed by atoms with Gasteiger partial charge in [0.25, 0.3) is 0 Å². The lowest BCUT2D eigenvalue weighted by molar-refractivity contribution is 0.161. The Balaban J connectivity index is 2.69. The highest BCUT2D eigenvalue weighted by Gasteiger charge is 2.10. The standard InChI is InChI=1S/C12H18N2O2/c1-3-16-12(15)14(2)11-6-4-10(5-7-11)8-9-13/h4-7H,3,8-9,13H2,1-2H3. The predicted molar refractivity (Wildman–Crippen MR) is 64.6 cm³/mol. The highest BCUT2D eigenvalue weighted by molar-refractivity contribution is 5.86. The van der Waals surface area contributed by atoms with Crippen LogP contribution in [0.4, 0.5) is 10.5 Å². The third-order valence-corrected chi connectivity index (χ3v) is 2.30. The molecule has 0 aliphatic heterocycles. The second-order valence-electron chi connectivity index (χ2n) is 3.46. The van der Waals surface area contributed by atoms with Crippen molar-refractivity contribution in [1.82, 2.24) is 0 Å². The Morgan fingerprint density at radius 3 is 2.50 bits per heavy atom. The second-order valence-corrected chi connectivity index (χ2v) is 3.46. The van der Waals surface area contributed by atoms with Crippen LogP contribution in [0.3, 0.4) is 0 Å². The van der Waals surface area contributed by atoms with Crippen LogP contribution >= 0.6 is 0 Å². The maximum atomic E-state index is 11.4. The van der Waals surface area contributed by atoms with Gasteiger partial charge in [0, 0.05) is 12.7 Å². The van der Waals surface area contributed by atoms with Gasteiger partial charge in [-0.2, -0.15) is 0 Å². The number of ether oxygens (including phenoxy) is 1. The van der Waals surface area contributed by atoms with Gasteiger partial charge in [-0.25, -0.2) is 4.79 Å². The topological polar surface area (TPSA) is 55.6 Å². The molecule has 0 aliphatic carbocycles. The zero-order valence-electron chi connectivity index (χ0n) is 9.77.